The number of hydrogen-bond acceptors (Lipinski definition) is 3. The molecule has 0 aromatic carbocycles. The molecule has 0 saturated carbocycles. The molecule has 1 N–H and O–H groups in total. The van der Waals surface area contributed by atoms with Crippen molar-refractivity contribution in [2.75, 3.05) is 39.3 Å². The monoisotopic (exact) mass is 226 g/mol. The summed E-state index contributed by atoms with van der Waals surface area (Å²) in [5.74, 6) is 0.990. The minimum Gasteiger partial charge on any atom is -0.376 e. The number of nitrogens with zero attached hydrogens (tertiary/aromatic N) is 1. The van der Waals surface area contributed by atoms with Crippen molar-refractivity contribution in [2.24, 2.45) is 5.92 Å². The van der Waals surface area contributed by atoms with E-state index in [0.717, 1.165) is 25.6 Å². The van der Waals surface area contributed by atoms with Gasteiger partial charge in [-0.15, -0.1) is 0 Å². The van der Waals surface area contributed by atoms with Gasteiger partial charge in [0.2, 0.25) is 0 Å². The fourth-order valence-electron chi connectivity index (χ4n) is 2.75. The third-order valence-corrected chi connectivity index (χ3v) is 4.06. The van der Waals surface area contributed by atoms with Crippen LogP contribution >= 0.6 is 0 Å². The molecule has 0 aliphatic carbocycles. The Hall–Kier alpha value is -0.120. The minimum absolute atomic E-state index is 0.456. The molecule has 0 radical (unpaired) electrons. The van der Waals surface area contributed by atoms with Crippen LogP contribution in [0.1, 0.15) is 32.6 Å². The van der Waals surface area contributed by atoms with Crippen LogP contribution in [-0.2, 0) is 4.74 Å². The lowest BCUT2D eigenvalue weighted by Crippen LogP contribution is -2.41. The zero-order chi connectivity index (χ0) is 11.2. The molecular formula is C13H26N2O. The van der Waals surface area contributed by atoms with Crippen molar-refractivity contribution in [3.05, 3.63) is 0 Å². The van der Waals surface area contributed by atoms with Gasteiger partial charge in [0.25, 0.3) is 0 Å². The molecule has 2 aliphatic rings. The zero-order valence-electron chi connectivity index (χ0n) is 10.6. The summed E-state index contributed by atoms with van der Waals surface area (Å²) in [6.45, 7) is 9.12. The molecule has 2 rings (SSSR count). The first kappa shape index (κ1) is 12.3. The second-order valence-electron chi connectivity index (χ2n) is 5.18. The average molecular weight is 226 g/mol. The molecule has 16 heavy (non-hydrogen) atoms. The molecule has 94 valence electrons. The van der Waals surface area contributed by atoms with Gasteiger partial charge in [-0.25, -0.2) is 0 Å². The highest BCUT2D eigenvalue weighted by atomic mass is 16.5. The summed E-state index contributed by atoms with van der Waals surface area (Å²) in [5.41, 5.74) is 0. The molecule has 1 atom stereocenters. The number of piperidine rings is 1. The number of morpholine rings is 1. The van der Waals surface area contributed by atoms with E-state index < -0.39 is 0 Å². The highest BCUT2D eigenvalue weighted by Crippen LogP contribution is 2.20. The summed E-state index contributed by atoms with van der Waals surface area (Å²) < 4.78 is 5.72. The Morgan fingerprint density at radius 1 is 1.31 bits per heavy atom. The fraction of sp³-hybridized carbons (Fsp3) is 1.00. The van der Waals surface area contributed by atoms with Crippen LogP contribution in [0.25, 0.3) is 0 Å². The van der Waals surface area contributed by atoms with Gasteiger partial charge in [0.05, 0.1) is 12.7 Å². The summed E-state index contributed by atoms with van der Waals surface area (Å²) >= 11 is 0. The molecule has 2 heterocycles. The number of ether oxygens (including phenoxy) is 1. The van der Waals surface area contributed by atoms with Gasteiger partial charge in [-0.05, 0) is 38.3 Å². The molecule has 2 aliphatic heterocycles. The van der Waals surface area contributed by atoms with Crippen molar-refractivity contribution in [3.8, 4) is 0 Å². The maximum atomic E-state index is 5.72. The van der Waals surface area contributed by atoms with E-state index in [1.165, 1.54) is 45.3 Å². The van der Waals surface area contributed by atoms with Crippen LogP contribution in [-0.4, -0.2) is 50.3 Å². The Balaban J connectivity index is 1.59. The smallest absolute Gasteiger partial charge is 0.0712 e. The van der Waals surface area contributed by atoms with Crippen LogP contribution in [0, 0.1) is 5.92 Å². The lowest BCUT2D eigenvalue weighted by Gasteiger charge is -2.33. The number of likely N-dealkylation sites (tertiary alicyclic amines) is 1. The van der Waals surface area contributed by atoms with Crippen LogP contribution < -0.4 is 5.32 Å². The topological polar surface area (TPSA) is 24.5 Å². The Morgan fingerprint density at radius 2 is 2.12 bits per heavy atom. The summed E-state index contributed by atoms with van der Waals surface area (Å²) in [4.78, 5) is 2.62. The number of nitrogens with one attached hydrogen (secondary N) is 1. The van der Waals surface area contributed by atoms with Gasteiger partial charge in [0.15, 0.2) is 0 Å². The summed E-state index contributed by atoms with van der Waals surface area (Å²) in [6, 6.07) is 0. The van der Waals surface area contributed by atoms with Crippen molar-refractivity contribution in [3.63, 3.8) is 0 Å². The van der Waals surface area contributed by atoms with Crippen molar-refractivity contribution in [2.45, 2.75) is 38.7 Å². The van der Waals surface area contributed by atoms with Crippen molar-refractivity contribution in [1.29, 1.82) is 0 Å². The lowest BCUT2D eigenvalue weighted by molar-refractivity contribution is 0.0152. The average Bonchev–Trinajstić information content (AvgIpc) is 2.38. The second-order valence-corrected chi connectivity index (χ2v) is 5.18. The van der Waals surface area contributed by atoms with Gasteiger partial charge in [-0.1, -0.05) is 13.3 Å². The fourth-order valence-corrected chi connectivity index (χ4v) is 2.75. The molecule has 0 spiro atoms. The first-order valence-corrected chi connectivity index (χ1v) is 6.93. The number of rotatable bonds is 4. The van der Waals surface area contributed by atoms with Crippen LogP contribution in [0.3, 0.4) is 0 Å². The molecule has 3 nitrogen and oxygen atoms in total. The van der Waals surface area contributed by atoms with E-state index in [2.05, 4.69) is 17.1 Å². The van der Waals surface area contributed by atoms with E-state index in [1.54, 1.807) is 0 Å². The SMILES string of the molecule is CCC1CCN(CCC2CNCCO2)CC1. The Labute approximate surface area is 99.5 Å². The van der Waals surface area contributed by atoms with Gasteiger partial charge in [0, 0.05) is 19.6 Å². The first-order chi connectivity index (χ1) is 7.88. The van der Waals surface area contributed by atoms with Crippen LogP contribution in [0.15, 0.2) is 0 Å². The van der Waals surface area contributed by atoms with Gasteiger partial charge in [0.1, 0.15) is 0 Å². The van der Waals surface area contributed by atoms with E-state index >= 15 is 0 Å². The predicted octanol–water partition coefficient (Wildman–Crippen LogP) is 1.49. The summed E-state index contributed by atoms with van der Waals surface area (Å²) in [6.07, 6.45) is 5.83. The summed E-state index contributed by atoms with van der Waals surface area (Å²) in [7, 11) is 0. The van der Waals surface area contributed by atoms with E-state index in [1.807, 2.05) is 0 Å². The van der Waals surface area contributed by atoms with Crippen molar-refractivity contribution in [1.82, 2.24) is 10.2 Å². The van der Waals surface area contributed by atoms with Crippen molar-refractivity contribution < 1.29 is 4.74 Å². The molecular weight excluding hydrogens is 200 g/mol. The minimum atomic E-state index is 0.456. The molecule has 0 bridgehead atoms. The Bertz CT molecular complexity index is 184. The van der Waals surface area contributed by atoms with E-state index in [9.17, 15) is 0 Å². The molecule has 3 heteroatoms. The molecule has 0 aromatic rings. The molecule has 2 saturated heterocycles. The van der Waals surface area contributed by atoms with Gasteiger partial charge in [-0.3, -0.25) is 0 Å². The third-order valence-electron chi connectivity index (χ3n) is 4.06. The molecule has 2 fully saturated rings. The zero-order valence-corrected chi connectivity index (χ0v) is 10.6. The normalized spacial score (nSPS) is 29.4. The summed E-state index contributed by atoms with van der Waals surface area (Å²) in [5, 5.41) is 3.40. The first-order valence-electron chi connectivity index (χ1n) is 6.93. The van der Waals surface area contributed by atoms with E-state index in [4.69, 9.17) is 4.74 Å². The van der Waals surface area contributed by atoms with Gasteiger partial charge in [-0.2, -0.15) is 0 Å². The van der Waals surface area contributed by atoms with E-state index in [0.29, 0.717) is 6.10 Å². The maximum absolute atomic E-state index is 5.72. The van der Waals surface area contributed by atoms with Gasteiger partial charge < -0.3 is 15.0 Å². The lowest BCUT2D eigenvalue weighted by atomic mass is 9.94. The highest BCUT2D eigenvalue weighted by Gasteiger charge is 2.19. The molecule has 0 amide bonds. The predicted molar refractivity (Wildman–Crippen MR) is 66.7 cm³/mol. The van der Waals surface area contributed by atoms with Crippen LogP contribution in [0.2, 0.25) is 0 Å². The molecule has 0 aromatic heterocycles. The van der Waals surface area contributed by atoms with Crippen molar-refractivity contribution >= 4 is 0 Å². The number of hydrogen-bond donors (Lipinski definition) is 1. The van der Waals surface area contributed by atoms with Crippen LogP contribution in [0.4, 0.5) is 0 Å². The Kier molecular flexibility index (Phi) is 5.07. The van der Waals surface area contributed by atoms with E-state index in [-0.39, 0.29) is 0 Å². The second kappa shape index (κ2) is 6.58. The maximum Gasteiger partial charge on any atom is 0.0712 e. The molecule has 1 unspecified atom stereocenters. The largest absolute Gasteiger partial charge is 0.376 e. The standard InChI is InChI=1S/C13H26N2O/c1-2-12-3-7-15(8-4-12)9-5-13-11-14-6-10-16-13/h12-14H,2-11H2,1H3. The Morgan fingerprint density at radius 3 is 2.75 bits per heavy atom. The third kappa shape index (κ3) is 3.72. The van der Waals surface area contributed by atoms with Gasteiger partial charge >= 0.3 is 0 Å². The highest BCUT2D eigenvalue weighted by molar-refractivity contribution is 4.74. The quantitative estimate of drug-likeness (QED) is 0.786. The van der Waals surface area contributed by atoms with Crippen LogP contribution in [0.5, 0.6) is 0 Å².